The second-order valence-corrected chi connectivity index (χ2v) is 6.63. The predicted molar refractivity (Wildman–Crippen MR) is 108 cm³/mol. The van der Waals surface area contributed by atoms with E-state index >= 15 is 0 Å². The van der Waals surface area contributed by atoms with E-state index in [1.54, 1.807) is 18.2 Å². The number of anilines is 1. The number of ketones is 1. The van der Waals surface area contributed by atoms with Gasteiger partial charge in [0.2, 0.25) is 0 Å². The van der Waals surface area contributed by atoms with E-state index in [0.717, 1.165) is 11.1 Å². The van der Waals surface area contributed by atoms with Crippen molar-refractivity contribution in [2.24, 2.45) is 0 Å². The van der Waals surface area contributed by atoms with Crippen LogP contribution >= 0.6 is 0 Å². The van der Waals surface area contributed by atoms with Crippen molar-refractivity contribution in [3.8, 4) is 11.1 Å². The molecular weight excluding hydrogens is 372 g/mol. The third-order valence-electron chi connectivity index (χ3n) is 4.71. The minimum absolute atomic E-state index is 0.000377. The highest BCUT2D eigenvalue weighted by atomic mass is 16.5. The maximum Gasteiger partial charge on any atom is 0.337 e. The zero-order chi connectivity index (χ0) is 21.0. The van der Waals surface area contributed by atoms with E-state index in [1.165, 1.54) is 18.9 Å². The van der Waals surface area contributed by atoms with Crippen LogP contribution < -0.4 is 5.32 Å². The highest BCUT2D eigenvalue weighted by molar-refractivity contribution is 6.08. The average Bonchev–Trinajstić information content (AvgIpc) is 3.04. The van der Waals surface area contributed by atoms with Crippen molar-refractivity contribution in [3.63, 3.8) is 0 Å². The van der Waals surface area contributed by atoms with Crippen LogP contribution in [-0.4, -0.2) is 54.5 Å². The smallest absolute Gasteiger partial charge is 0.337 e. The summed E-state index contributed by atoms with van der Waals surface area (Å²) in [5.41, 5.74) is 3.47. The lowest BCUT2D eigenvalue weighted by Crippen LogP contribution is -2.31. The van der Waals surface area contributed by atoms with E-state index in [0.29, 0.717) is 11.3 Å². The van der Waals surface area contributed by atoms with Crippen LogP contribution in [0.5, 0.6) is 0 Å². The molecule has 0 fully saturated rings. The molecule has 2 aromatic rings. The molecule has 2 N–H and O–H groups in total. The number of nitrogens with zero attached hydrogens (tertiary/aromatic N) is 1. The zero-order valence-corrected chi connectivity index (χ0v) is 16.3. The van der Waals surface area contributed by atoms with Crippen LogP contribution in [0, 0.1) is 0 Å². The third-order valence-corrected chi connectivity index (χ3v) is 4.71. The number of hydrogen-bond acceptors (Lipinski definition) is 6. The summed E-state index contributed by atoms with van der Waals surface area (Å²) in [6.07, 6.45) is 0. The van der Waals surface area contributed by atoms with Crippen molar-refractivity contribution in [3.05, 3.63) is 65.4 Å². The van der Waals surface area contributed by atoms with Crippen molar-refractivity contribution in [2.75, 3.05) is 32.1 Å². The molecule has 0 bridgehead atoms. The summed E-state index contributed by atoms with van der Waals surface area (Å²) in [6, 6.07) is 14.7. The Kier molecular flexibility index (Phi) is 6.09. The van der Waals surface area contributed by atoms with Crippen molar-refractivity contribution >= 4 is 23.3 Å². The van der Waals surface area contributed by atoms with Gasteiger partial charge in [0.25, 0.3) is 5.91 Å². The first kappa shape index (κ1) is 20.3. The highest BCUT2D eigenvalue weighted by Crippen LogP contribution is 2.26. The van der Waals surface area contributed by atoms with Crippen LogP contribution in [-0.2, 0) is 14.3 Å². The fraction of sp³-hybridized carbons (Fsp3) is 0.227. The number of rotatable bonds is 7. The maximum atomic E-state index is 12.6. The number of esters is 1. The quantitative estimate of drug-likeness (QED) is 0.552. The minimum Gasteiger partial charge on any atom is -0.466 e. The van der Waals surface area contributed by atoms with Gasteiger partial charge in [-0.3, -0.25) is 9.59 Å². The summed E-state index contributed by atoms with van der Waals surface area (Å²) in [6.45, 7) is 1.55. The summed E-state index contributed by atoms with van der Waals surface area (Å²) in [5.74, 6) is -0.948. The van der Waals surface area contributed by atoms with Crippen LogP contribution in [0.25, 0.3) is 11.1 Å². The van der Waals surface area contributed by atoms with Crippen molar-refractivity contribution in [2.45, 2.75) is 6.92 Å². The number of hydrogen-bond donors (Lipinski definition) is 2. The molecule has 2 aromatic carbocycles. The minimum atomic E-state index is -0.584. The Labute approximate surface area is 168 Å². The summed E-state index contributed by atoms with van der Waals surface area (Å²) < 4.78 is 4.78. The number of β-amino-alcohol motifs (C(OH)–C–C–N with tert-alkyl or cyclic N) is 1. The molecule has 150 valence electrons. The zero-order valence-electron chi connectivity index (χ0n) is 16.3. The van der Waals surface area contributed by atoms with Crippen LogP contribution in [0.4, 0.5) is 5.69 Å². The van der Waals surface area contributed by atoms with Gasteiger partial charge >= 0.3 is 5.97 Å². The molecule has 7 heteroatoms. The van der Waals surface area contributed by atoms with Gasteiger partial charge in [-0.15, -0.1) is 0 Å². The number of methoxy groups -OCH3 is 1. The molecule has 0 aliphatic carbocycles. The number of Topliss-reactive ketones (excluding diaryl/α,β-unsaturated/α-hetero) is 1. The number of aliphatic hydroxyl groups is 1. The van der Waals surface area contributed by atoms with Gasteiger partial charge in [-0.05, 0) is 36.2 Å². The fourth-order valence-electron chi connectivity index (χ4n) is 3.16. The molecule has 0 saturated heterocycles. The average molecular weight is 394 g/mol. The first-order valence-electron chi connectivity index (χ1n) is 9.14. The largest absolute Gasteiger partial charge is 0.466 e. The topological polar surface area (TPSA) is 95.9 Å². The lowest BCUT2D eigenvalue weighted by atomic mass is 10.0. The lowest BCUT2D eigenvalue weighted by molar-refractivity contribution is -0.136. The number of benzene rings is 2. The fourth-order valence-corrected chi connectivity index (χ4v) is 3.16. The molecule has 0 atom stereocenters. The first-order chi connectivity index (χ1) is 13.9. The van der Waals surface area contributed by atoms with Gasteiger partial charge in [-0.25, -0.2) is 4.79 Å². The Morgan fingerprint density at radius 1 is 1.14 bits per heavy atom. The van der Waals surface area contributed by atoms with Gasteiger partial charge in [0, 0.05) is 17.8 Å². The Balaban J connectivity index is 1.84. The molecule has 29 heavy (non-hydrogen) atoms. The van der Waals surface area contributed by atoms with E-state index in [9.17, 15) is 14.4 Å². The van der Waals surface area contributed by atoms with Gasteiger partial charge < -0.3 is 20.1 Å². The number of carbonyl (C=O) groups excluding carboxylic acids is 3. The van der Waals surface area contributed by atoms with Crippen molar-refractivity contribution in [1.82, 2.24) is 4.90 Å². The van der Waals surface area contributed by atoms with Gasteiger partial charge in [0.1, 0.15) is 5.70 Å². The van der Waals surface area contributed by atoms with E-state index in [-0.39, 0.29) is 42.7 Å². The Bertz CT molecular complexity index is 979. The second-order valence-electron chi connectivity index (χ2n) is 6.63. The number of aliphatic hydroxyl groups excluding tert-OH is 1. The lowest BCUT2D eigenvalue weighted by Gasteiger charge is -2.15. The predicted octanol–water partition coefficient (Wildman–Crippen LogP) is 2.23. The number of ether oxygens (including phenoxy) is 1. The van der Waals surface area contributed by atoms with Gasteiger partial charge in [-0.1, -0.05) is 30.3 Å². The Morgan fingerprint density at radius 3 is 2.48 bits per heavy atom. The number of nitrogens with one attached hydrogen (secondary N) is 1. The SMILES string of the molecule is COC(=O)C1=C(Nc2ccc(-c3cccc(C(C)=O)c3)cc2)C(=O)N(CCO)C1. The van der Waals surface area contributed by atoms with E-state index in [1.807, 2.05) is 30.3 Å². The Morgan fingerprint density at radius 2 is 1.86 bits per heavy atom. The third kappa shape index (κ3) is 4.35. The molecule has 0 radical (unpaired) electrons. The molecule has 1 heterocycles. The van der Waals surface area contributed by atoms with Gasteiger partial charge in [0.15, 0.2) is 5.78 Å². The van der Waals surface area contributed by atoms with E-state index in [2.05, 4.69) is 5.32 Å². The maximum absolute atomic E-state index is 12.6. The standard InChI is InChI=1S/C22H22N2O5/c1-14(26)16-4-3-5-17(12-16)15-6-8-18(9-7-15)23-20-19(22(28)29-2)13-24(10-11-25)21(20)27/h3-9,12,23,25H,10-11,13H2,1-2H3. The molecule has 1 aliphatic rings. The second kappa shape index (κ2) is 8.70. The van der Waals surface area contributed by atoms with Gasteiger partial charge in [-0.2, -0.15) is 0 Å². The number of carbonyl (C=O) groups is 3. The summed E-state index contributed by atoms with van der Waals surface area (Å²) >= 11 is 0. The molecule has 0 unspecified atom stereocenters. The molecule has 1 aliphatic heterocycles. The van der Waals surface area contributed by atoms with Gasteiger partial charge in [0.05, 0.1) is 25.8 Å². The molecule has 0 spiro atoms. The summed E-state index contributed by atoms with van der Waals surface area (Å²) in [7, 11) is 1.26. The number of amides is 1. The van der Waals surface area contributed by atoms with Crippen LogP contribution in [0.1, 0.15) is 17.3 Å². The normalized spacial score (nSPS) is 13.6. The van der Waals surface area contributed by atoms with Crippen LogP contribution in [0.15, 0.2) is 59.8 Å². The van der Waals surface area contributed by atoms with Crippen molar-refractivity contribution < 1.29 is 24.2 Å². The van der Waals surface area contributed by atoms with E-state index in [4.69, 9.17) is 9.84 Å². The molecule has 0 aromatic heterocycles. The summed E-state index contributed by atoms with van der Waals surface area (Å²) in [5, 5.41) is 12.1. The molecule has 1 amide bonds. The monoisotopic (exact) mass is 394 g/mol. The first-order valence-corrected chi connectivity index (χ1v) is 9.14. The van der Waals surface area contributed by atoms with Crippen molar-refractivity contribution in [1.29, 1.82) is 0 Å². The molecule has 3 rings (SSSR count). The van der Waals surface area contributed by atoms with Crippen LogP contribution in [0.3, 0.4) is 0 Å². The molecule has 0 saturated carbocycles. The molecular formula is C22H22N2O5. The molecule has 7 nitrogen and oxygen atoms in total. The van der Waals surface area contributed by atoms with E-state index < -0.39 is 5.97 Å². The highest BCUT2D eigenvalue weighted by Gasteiger charge is 2.34. The Hall–Kier alpha value is -3.45. The van der Waals surface area contributed by atoms with Crippen LogP contribution in [0.2, 0.25) is 0 Å². The summed E-state index contributed by atoms with van der Waals surface area (Å²) in [4.78, 5) is 37.6.